The van der Waals surface area contributed by atoms with Crippen molar-refractivity contribution in [3.63, 3.8) is 0 Å². The maximum atomic E-state index is 13.1. The van der Waals surface area contributed by atoms with E-state index >= 15 is 0 Å². The molecule has 0 saturated heterocycles. The number of benzene rings is 2. The molecule has 3 aromatic rings. The van der Waals surface area contributed by atoms with Crippen LogP contribution in [-0.4, -0.2) is 23.1 Å². The van der Waals surface area contributed by atoms with Crippen molar-refractivity contribution in [2.45, 2.75) is 27.3 Å². The summed E-state index contributed by atoms with van der Waals surface area (Å²) in [6.07, 6.45) is 5.50. The van der Waals surface area contributed by atoms with Crippen molar-refractivity contribution >= 4 is 17.4 Å². The molecule has 180 valence electrons. The first-order valence-corrected chi connectivity index (χ1v) is 11.4. The molecule has 2 heterocycles. The summed E-state index contributed by atoms with van der Waals surface area (Å²) in [6, 6.07) is 14.8. The van der Waals surface area contributed by atoms with E-state index in [9.17, 15) is 9.18 Å². The zero-order valence-electron chi connectivity index (χ0n) is 20.1. The van der Waals surface area contributed by atoms with E-state index in [4.69, 9.17) is 4.74 Å². The summed E-state index contributed by atoms with van der Waals surface area (Å²) in [4.78, 5) is 21.4. The fraction of sp³-hybridized carbons (Fsp3) is 0.179. The van der Waals surface area contributed by atoms with Gasteiger partial charge in [0.2, 0.25) is 0 Å². The number of ether oxygens (including phenoxy) is 1. The number of allylic oxidation sites excluding steroid dienone is 1. The number of nitrogens with one attached hydrogen (secondary N) is 2. The molecule has 0 atom stereocenters. The number of aliphatic imine (C=N–C) groups is 1. The monoisotopic (exact) mass is 472 g/mol. The molecule has 0 spiro atoms. The molecule has 0 aliphatic carbocycles. The van der Waals surface area contributed by atoms with Gasteiger partial charge in [0.15, 0.2) is 0 Å². The number of rotatable bonds is 8. The number of hydrogen-bond acceptors (Lipinski definition) is 5. The van der Waals surface area contributed by atoms with Gasteiger partial charge in [-0.15, -0.1) is 0 Å². The first kappa shape index (κ1) is 25.4. The molecule has 7 heteroatoms. The Kier molecular flexibility index (Phi) is 8.89. The van der Waals surface area contributed by atoms with Crippen molar-refractivity contribution in [3.8, 4) is 11.5 Å². The molecule has 0 radical (unpaired) electrons. The average Bonchev–Trinajstić information content (AvgIpc) is 3.42. The molecule has 0 fully saturated rings. The Hall–Kier alpha value is -4.26. The molecular weight excluding hydrogens is 443 g/mol. The topological polar surface area (TPSA) is 75.6 Å². The van der Waals surface area contributed by atoms with Crippen molar-refractivity contribution in [2.75, 3.05) is 11.9 Å². The molecule has 35 heavy (non-hydrogen) atoms. The van der Waals surface area contributed by atoms with E-state index in [2.05, 4.69) is 27.2 Å². The molecule has 1 aromatic heterocycles. The molecule has 0 bridgehead atoms. The van der Waals surface area contributed by atoms with Crippen LogP contribution in [0.25, 0.3) is 0 Å². The summed E-state index contributed by atoms with van der Waals surface area (Å²) in [5.74, 6) is 1.15. The number of halogens is 1. The van der Waals surface area contributed by atoms with E-state index in [1.165, 1.54) is 12.1 Å². The van der Waals surface area contributed by atoms with Crippen LogP contribution in [0.2, 0.25) is 0 Å². The lowest BCUT2D eigenvalue weighted by Crippen LogP contribution is -2.23. The van der Waals surface area contributed by atoms with Crippen molar-refractivity contribution in [1.82, 2.24) is 10.3 Å². The van der Waals surface area contributed by atoms with Gasteiger partial charge in [0.05, 0.1) is 18.0 Å². The second-order valence-corrected chi connectivity index (χ2v) is 7.45. The maximum absolute atomic E-state index is 13.1. The van der Waals surface area contributed by atoms with Crippen LogP contribution in [0.1, 0.15) is 35.3 Å². The second-order valence-electron chi connectivity index (χ2n) is 7.45. The van der Waals surface area contributed by atoms with E-state index < -0.39 is 0 Å². The highest BCUT2D eigenvalue weighted by atomic mass is 19.1. The Morgan fingerprint density at radius 1 is 1.14 bits per heavy atom. The molecule has 1 amide bonds. The SMILES string of the molecule is C=C(Nc1cc(Oc2cccc(C(=O)NCc3ccc(F)cc3)c2C)ccn1)C1=NCC=C1.CC. The zero-order valence-corrected chi connectivity index (χ0v) is 20.1. The lowest BCUT2D eigenvalue weighted by molar-refractivity contribution is 0.0950. The normalized spacial score (nSPS) is 11.7. The molecule has 1 aliphatic rings. The van der Waals surface area contributed by atoms with Crippen molar-refractivity contribution in [3.05, 3.63) is 108 Å². The van der Waals surface area contributed by atoms with Crippen molar-refractivity contribution in [2.24, 2.45) is 4.99 Å². The number of amides is 1. The van der Waals surface area contributed by atoms with Crippen LogP contribution in [-0.2, 0) is 6.54 Å². The molecule has 6 nitrogen and oxygen atoms in total. The summed E-state index contributed by atoms with van der Waals surface area (Å²) in [7, 11) is 0. The smallest absolute Gasteiger partial charge is 0.251 e. The number of pyridine rings is 1. The number of carbonyl (C=O) groups is 1. The van der Waals surface area contributed by atoms with Gasteiger partial charge in [-0.05, 0) is 48.9 Å². The van der Waals surface area contributed by atoms with Crippen LogP contribution in [0.3, 0.4) is 0 Å². The fourth-order valence-electron chi connectivity index (χ4n) is 3.30. The first-order chi connectivity index (χ1) is 17.0. The Morgan fingerprint density at radius 3 is 2.63 bits per heavy atom. The zero-order chi connectivity index (χ0) is 25.2. The van der Waals surface area contributed by atoms with Crippen molar-refractivity contribution in [1.29, 1.82) is 0 Å². The minimum Gasteiger partial charge on any atom is -0.457 e. The third-order valence-corrected chi connectivity index (χ3v) is 5.09. The van der Waals surface area contributed by atoms with Gasteiger partial charge in [0.1, 0.15) is 23.1 Å². The van der Waals surface area contributed by atoms with Crippen LogP contribution in [0, 0.1) is 12.7 Å². The van der Waals surface area contributed by atoms with Gasteiger partial charge in [-0.25, -0.2) is 9.37 Å². The van der Waals surface area contributed by atoms with E-state index in [0.29, 0.717) is 47.2 Å². The number of anilines is 1. The highest BCUT2D eigenvalue weighted by Crippen LogP contribution is 2.28. The number of hydrogen-bond donors (Lipinski definition) is 2. The Bertz CT molecular complexity index is 1250. The molecule has 0 saturated carbocycles. The molecule has 2 N–H and O–H groups in total. The number of carbonyl (C=O) groups excluding carboxylic acids is 1. The Morgan fingerprint density at radius 2 is 1.91 bits per heavy atom. The highest BCUT2D eigenvalue weighted by Gasteiger charge is 2.14. The predicted molar refractivity (Wildman–Crippen MR) is 139 cm³/mol. The molecule has 2 aromatic carbocycles. The van der Waals surface area contributed by atoms with E-state index in [1.807, 2.05) is 32.9 Å². The Labute approximate surface area is 205 Å². The molecule has 4 rings (SSSR count). The van der Waals surface area contributed by atoms with Crippen LogP contribution in [0.5, 0.6) is 11.5 Å². The largest absolute Gasteiger partial charge is 0.457 e. The first-order valence-electron chi connectivity index (χ1n) is 11.4. The number of nitrogens with zero attached hydrogens (tertiary/aromatic N) is 2. The third kappa shape index (κ3) is 6.86. The highest BCUT2D eigenvalue weighted by molar-refractivity contribution is 6.10. The van der Waals surface area contributed by atoms with E-state index in [0.717, 1.165) is 11.3 Å². The third-order valence-electron chi connectivity index (χ3n) is 5.09. The van der Waals surface area contributed by atoms with Gasteiger partial charge < -0.3 is 15.4 Å². The van der Waals surface area contributed by atoms with Crippen LogP contribution >= 0.6 is 0 Å². The standard InChI is InChI=1S/C26H23FN4O2.C2H6/c1-17-22(26(32)30-16-19-8-10-20(27)11-9-19)5-3-7-24(17)33-21-12-14-29-25(15-21)31-18(2)23-6-4-13-28-23;1-2/h3-12,14-15H,2,13,16H2,1H3,(H,29,31)(H,30,32);1-2H3. The summed E-state index contributed by atoms with van der Waals surface area (Å²) in [5.41, 5.74) is 3.46. The van der Waals surface area contributed by atoms with Gasteiger partial charge in [-0.2, -0.15) is 0 Å². The summed E-state index contributed by atoms with van der Waals surface area (Å²) < 4.78 is 19.1. The summed E-state index contributed by atoms with van der Waals surface area (Å²) >= 11 is 0. The fourth-order valence-corrected chi connectivity index (χ4v) is 3.30. The van der Waals surface area contributed by atoms with Crippen LogP contribution in [0.15, 0.2) is 90.2 Å². The van der Waals surface area contributed by atoms with Crippen LogP contribution < -0.4 is 15.4 Å². The minimum absolute atomic E-state index is 0.235. The lowest BCUT2D eigenvalue weighted by atomic mass is 10.1. The van der Waals surface area contributed by atoms with Gasteiger partial charge in [0, 0.05) is 29.9 Å². The average molecular weight is 473 g/mol. The molecular formula is C28H29FN4O2. The predicted octanol–water partition coefficient (Wildman–Crippen LogP) is 6.21. The van der Waals surface area contributed by atoms with Gasteiger partial charge in [-0.3, -0.25) is 9.79 Å². The van der Waals surface area contributed by atoms with Gasteiger partial charge >= 0.3 is 0 Å². The van der Waals surface area contributed by atoms with E-state index in [-0.39, 0.29) is 11.7 Å². The van der Waals surface area contributed by atoms with Gasteiger partial charge in [-0.1, -0.05) is 44.7 Å². The van der Waals surface area contributed by atoms with Crippen LogP contribution in [0.4, 0.5) is 10.2 Å². The van der Waals surface area contributed by atoms with Gasteiger partial charge in [0.25, 0.3) is 5.91 Å². The molecule has 0 unspecified atom stereocenters. The maximum Gasteiger partial charge on any atom is 0.251 e. The number of aromatic nitrogens is 1. The van der Waals surface area contributed by atoms with E-state index in [1.54, 1.807) is 48.7 Å². The Balaban J connectivity index is 0.00000167. The molecule has 1 aliphatic heterocycles. The lowest BCUT2D eigenvalue weighted by Gasteiger charge is -2.14. The minimum atomic E-state index is -0.311. The second kappa shape index (κ2) is 12.3. The summed E-state index contributed by atoms with van der Waals surface area (Å²) in [5, 5.41) is 6.00. The quantitative estimate of drug-likeness (QED) is 0.408. The van der Waals surface area contributed by atoms with Crippen molar-refractivity contribution < 1.29 is 13.9 Å². The summed E-state index contributed by atoms with van der Waals surface area (Å²) in [6.45, 7) is 10.8.